The first-order valence-electron chi connectivity index (χ1n) is 7.63. The van der Waals surface area contributed by atoms with Crippen molar-refractivity contribution in [3.8, 4) is 0 Å². The molecule has 2 aromatic carbocycles. The van der Waals surface area contributed by atoms with E-state index < -0.39 is 0 Å². The molecule has 0 unspecified atom stereocenters. The van der Waals surface area contributed by atoms with Gasteiger partial charge in [-0.1, -0.05) is 41.5 Å². The number of benzene rings is 2. The van der Waals surface area contributed by atoms with Gasteiger partial charge in [-0.15, -0.1) is 0 Å². The summed E-state index contributed by atoms with van der Waals surface area (Å²) in [7, 11) is 0. The van der Waals surface area contributed by atoms with Gasteiger partial charge in [-0.05, 0) is 62.3 Å². The third-order valence-electron chi connectivity index (χ3n) is 4.09. The van der Waals surface area contributed by atoms with Gasteiger partial charge in [0.15, 0.2) is 0 Å². The first-order chi connectivity index (χ1) is 9.70. The van der Waals surface area contributed by atoms with Gasteiger partial charge in [0, 0.05) is 12.2 Å². The fourth-order valence-corrected chi connectivity index (χ4v) is 3.19. The third-order valence-corrected chi connectivity index (χ3v) is 4.09. The second kappa shape index (κ2) is 5.70. The molecule has 1 nitrogen and oxygen atoms in total. The molecule has 0 atom stereocenters. The molecule has 0 bridgehead atoms. The fraction of sp³-hybridized carbons (Fsp3) is 0.368. The van der Waals surface area contributed by atoms with Crippen LogP contribution in [0.5, 0.6) is 0 Å². The van der Waals surface area contributed by atoms with E-state index >= 15 is 0 Å². The highest BCUT2D eigenvalue weighted by Crippen LogP contribution is 2.23. The minimum absolute atomic E-state index is 1.12. The normalized spacial score (nSPS) is 13.7. The van der Waals surface area contributed by atoms with E-state index in [9.17, 15) is 0 Å². The minimum atomic E-state index is 1.12. The summed E-state index contributed by atoms with van der Waals surface area (Å²) in [5.41, 5.74) is 8.50. The second-order valence-corrected chi connectivity index (χ2v) is 6.02. The molecular formula is C19H23N. The highest BCUT2D eigenvalue weighted by molar-refractivity contribution is 5.54. The van der Waals surface area contributed by atoms with Crippen LogP contribution in [0, 0.1) is 13.8 Å². The molecule has 1 aliphatic heterocycles. The van der Waals surface area contributed by atoms with Gasteiger partial charge >= 0.3 is 0 Å². The molecule has 104 valence electrons. The second-order valence-electron chi connectivity index (χ2n) is 6.02. The van der Waals surface area contributed by atoms with E-state index in [0.29, 0.717) is 0 Å². The molecule has 1 N–H and O–H groups in total. The van der Waals surface area contributed by atoms with Crippen LogP contribution < -0.4 is 5.32 Å². The highest BCUT2D eigenvalue weighted by Gasteiger charge is 2.08. The quantitative estimate of drug-likeness (QED) is 0.864. The summed E-state index contributed by atoms with van der Waals surface area (Å²) in [6, 6.07) is 13.8. The molecule has 3 rings (SSSR count). The summed E-state index contributed by atoms with van der Waals surface area (Å²) in [6.07, 6.45) is 4.75. The van der Waals surface area contributed by atoms with Crippen LogP contribution in [0.2, 0.25) is 0 Å². The number of hydrogen-bond acceptors (Lipinski definition) is 1. The predicted molar refractivity (Wildman–Crippen MR) is 86.6 cm³/mol. The molecule has 0 spiro atoms. The molecule has 0 saturated carbocycles. The number of aryl methyl sites for hydroxylation is 5. The maximum Gasteiger partial charge on any atom is 0.0372 e. The lowest BCUT2D eigenvalue weighted by molar-refractivity contribution is 0.825. The molecule has 20 heavy (non-hydrogen) atoms. The Balaban J connectivity index is 1.71. The molecule has 0 saturated heterocycles. The third kappa shape index (κ3) is 3.04. The zero-order valence-corrected chi connectivity index (χ0v) is 12.5. The van der Waals surface area contributed by atoms with Crippen molar-refractivity contribution >= 4 is 5.69 Å². The summed E-state index contributed by atoms with van der Waals surface area (Å²) in [6.45, 7) is 5.48. The number of hydrogen-bond donors (Lipinski definition) is 1. The summed E-state index contributed by atoms with van der Waals surface area (Å²) in [5, 5.41) is 3.48. The molecule has 1 heterocycles. The van der Waals surface area contributed by atoms with Gasteiger partial charge in [0.05, 0.1) is 0 Å². The topological polar surface area (TPSA) is 12.0 Å². The van der Waals surface area contributed by atoms with Crippen molar-refractivity contribution in [3.05, 3.63) is 64.2 Å². The smallest absolute Gasteiger partial charge is 0.0372 e. The van der Waals surface area contributed by atoms with Crippen LogP contribution in [0.3, 0.4) is 0 Å². The van der Waals surface area contributed by atoms with Gasteiger partial charge in [-0.25, -0.2) is 0 Å². The Labute approximate surface area is 122 Å². The standard InChI is InChI=1S/C19H23N/c1-14-10-15(2)12-17(11-14)6-5-16-7-8-19-18(13-16)4-3-9-20-19/h7-8,10-13,20H,3-6,9H2,1-2H3. The molecule has 2 aromatic rings. The number of anilines is 1. The molecule has 0 amide bonds. The Morgan fingerprint density at radius 2 is 1.65 bits per heavy atom. The first kappa shape index (κ1) is 13.2. The Kier molecular flexibility index (Phi) is 3.77. The molecule has 0 aromatic heterocycles. The monoisotopic (exact) mass is 265 g/mol. The van der Waals surface area contributed by atoms with Crippen LogP contribution in [0.25, 0.3) is 0 Å². The summed E-state index contributed by atoms with van der Waals surface area (Å²) >= 11 is 0. The van der Waals surface area contributed by atoms with E-state index in [1.54, 1.807) is 0 Å². The number of nitrogens with one attached hydrogen (secondary N) is 1. The maximum atomic E-state index is 3.48. The van der Waals surface area contributed by atoms with Gasteiger partial charge in [0.1, 0.15) is 0 Å². The van der Waals surface area contributed by atoms with Crippen molar-refractivity contribution in [1.82, 2.24) is 0 Å². The van der Waals surface area contributed by atoms with Crippen molar-refractivity contribution in [2.45, 2.75) is 39.5 Å². The highest BCUT2D eigenvalue weighted by atomic mass is 14.9. The summed E-state index contributed by atoms with van der Waals surface area (Å²) in [5.74, 6) is 0. The average Bonchev–Trinajstić information content (AvgIpc) is 2.44. The zero-order chi connectivity index (χ0) is 13.9. The summed E-state index contributed by atoms with van der Waals surface area (Å²) in [4.78, 5) is 0. The van der Waals surface area contributed by atoms with E-state index in [4.69, 9.17) is 0 Å². The molecule has 0 aliphatic carbocycles. The van der Waals surface area contributed by atoms with E-state index in [1.807, 2.05) is 0 Å². The number of fused-ring (bicyclic) bond motifs is 1. The van der Waals surface area contributed by atoms with Crippen LogP contribution in [0.4, 0.5) is 5.69 Å². The van der Waals surface area contributed by atoms with Crippen LogP contribution in [-0.4, -0.2) is 6.54 Å². The average molecular weight is 265 g/mol. The fourth-order valence-electron chi connectivity index (χ4n) is 3.19. The van der Waals surface area contributed by atoms with Crippen molar-refractivity contribution < 1.29 is 0 Å². The zero-order valence-electron chi connectivity index (χ0n) is 12.5. The van der Waals surface area contributed by atoms with Crippen molar-refractivity contribution in [2.75, 3.05) is 11.9 Å². The molecule has 1 heteroatoms. The van der Waals surface area contributed by atoms with E-state index in [1.165, 1.54) is 46.3 Å². The van der Waals surface area contributed by atoms with Gasteiger partial charge in [-0.3, -0.25) is 0 Å². The van der Waals surface area contributed by atoms with Crippen LogP contribution in [0.1, 0.15) is 34.2 Å². The van der Waals surface area contributed by atoms with Crippen LogP contribution >= 0.6 is 0 Å². The summed E-state index contributed by atoms with van der Waals surface area (Å²) < 4.78 is 0. The van der Waals surface area contributed by atoms with Crippen LogP contribution in [0.15, 0.2) is 36.4 Å². The molecule has 0 radical (unpaired) electrons. The minimum Gasteiger partial charge on any atom is -0.385 e. The van der Waals surface area contributed by atoms with E-state index in [0.717, 1.165) is 19.4 Å². The lowest BCUT2D eigenvalue weighted by Crippen LogP contribution is -2.11. The van der Waals surface area contributed by atoms with Crippen molar-refractivity contribution in [3.63, 3.8) is 0 Å². The maximum absolute atomic E-state index is 3.48. The Hall–Kier alpha value is -1.76. The first-order valence-corrected chi connectivity index (χ1v) is 7.63. The predicted octanol–water partition coefficient (Wildman–Crippen LogP) is 4.45. The Bertz CT molecular complexity index is 593. The molecule has 0 fully saturated rings. The SMILES string of the molecule is Cc1cc(C)cc(CCc2ccc3c(c2)CCCN3)c1. The van der Waals surface area contributed by atoms with Gasteiger partial charge in [-0.2, -0.15) is 0 Å². The largest absolute Gasteiger partial charge is 0.385 e. The van der Waals surface area contributed by atoms with E-state index in [-0.39, 0.29) is 0 Å². The van der Waals surface area contributed by atoms with Gasteiger partial charge < -0.3 is 5.32 Å². The van der Waals surface area contributed by atoms with Crippen LogP contribution in [-0.2, 0) is 19.3 Å². The lowest BCUT2D eigenvalue weighted by atomic mass is 9.96. The molecular weight excluding hydrogens is 242 g/mol. The van der Waals surface area contributed by atoms with Gasteiger partial charge in [0.25, 0.3) is 0 Å². The van der Waals surface area contributed by atoms with Crippen molar-refractivity contribution in [1.29, 1.82) is 0 Å². The van der Waals surface area contributed by atoms with Gasteiger partial charge in [0.2, 0.25) is 0 Å². The van der Waals surface area contributed by atoms with E-state index in [2.05, 4.69) is 55.6 Å². The Morgan fingerprint density at radius 3 is 2.45 bits per heavy atom. The lowest BCUT2D eigenvalue weighted by Gasteiger charge is -2.18. The van der Waals surface area contributed by atoms with Crippen molar-refractivity contribution in [2.24, 2.45) is 0 Å². The number of rotatable bonds is 3. The Morgan fingerprint density at radius 1 is 0.900 bits per heavy atom. The molecule has 1 aliphatic rings.